The number of hydrogen-bond donors (Lipinski definition) is 0. The van der Waals surface area contributed by atoms with Gasteiger partial charge in [-0.05, 0) is 42.8 Å². The number of anilines is 1. The summed E-state index contributed by atoms with van der Waals surface area (Å²) in [5.74, 6) is -0.575. The van der Waals surface area contributed by atoms with Crippen molar-refractivity contribution in [2.45, 2.75) is 13.3 Å². The van der Waals surface area contributed by atoms with Gasteiger partial charge in [0, 0.05) is 17.8 Å². The van der Waals surface area contributed by atoms with Crippen molar-refractivity contribution in [3.05, 3.63) is 65.5 Å². The van der Waals surface area contributed by atoms with Crippen LogP contribution >= 0.6 is 0 Å². The molecule has 0 N–H and O–H groups in total. The SMILES string of the molecule is Cc1cc(C(=O)N(CCC#N)c2ccccc2)ccc1F. The smallest absolute Gasteiger partial charge is 0.258 e. The van der Waals surface area contributed by atoms with Crippen molar-refractivity contribution in [1.29, 1.82) is 5.26 Å². The predicted octanol–water partition coefficient (Wildman–Crippen LogP) is 3.69. The summed E-state index contributed by atoms with van der Waals surface area (Å²) in [4.78, 5) is 14.1. The molecule has 0 aliphatic heterocycles. The molecule has 0 radical (unpaired) electrons. The van der Waals surface area contributed by atoms with Crippen LogP contribution in [-0.4, -0.2) is 12.5 Å². The Labute approximate surface area is 123 Å². The van der Waals surface area contributed by atoms with Crippen molar-refractivity contribution in [3.8, 4) is 6.07 Å². The minimum Gasteiger partial charge on any atom is -0.307 e. The number of hydrogen-bond acceptors (Lipinski definition) is 2. The molecule has 0 spiro atoms. The Bertz CT molecular complexity index is 677. The predicted molar refractivity (Wildman–Crippen MR) is 79.5 cm³/mol. The van der Waals surface area contributed by atoms with Crippen molar-refractivity contribution in [2.24, 2.45) is 0 Å². The molecule has 0 aliphatic rings. The van der Waals surface area contributed by atoms with E-state index in [9.17, 15) is 9.18 Å². The summed E-state index contributed by atoms with van der Waals surface area (Å²) in [7, 11) is 0. The van der Waals surface area contributed by atoms with Crippen LogP contribution in [-0.2, 0) is 0 Å². The monoisotopic (exact) mass is 282 g/mol. The van der Waals surface area contributed by atoms with Gasteiger partial charge in [-0.25, -0.2) is 4.39 Å². The molecule has 106 valence electrons. The zero-order chi connectivity index (χ0) is 15.2. The standard InChI is InChI=1S/C17H15FN2O/c1-13-12-14(8-9-16(13)18)17(21)20(11-5-10-19)15-6-3-2-4-7-15/h2-4,6-9,12H,5,11H2,1H3. The van der Waals surface area contributed by atoms with Gasteiger partial charge in [0.1, 0.15) is 5.82 Å². The molecule has 0 unspecified atom stereocenters. The van der Waals surface area contributed by atoms with Gasteiger partial charge in [-0.2, -0.15) is 5.26 Å². The average molecular weight is 282 g/mol. The molecule has 0 aliphatic carbocycles. The molecular weight excluding hydrogens is 267 g/mol. The quantitative estimate of drug-likeness (QED) is 0.858. The number of carbonyl (C=O) groups excluding carboxylic acids is 1. The third-order valence-electron chi connectivity index (χ3n) is 3.17. The van der Waals surface area contributed by atoms with Crippen LogP contribution in [0.15, 0.2) is 48.5 Å². The first-order valence-electron chi connectivity index (χ1n) is 6.63. The maximum atomic E-state index is 13.3. The van der Waals surface area contributed by atoms with Crippen LogP contribution in [0.1, 0.15) is 22.3 Å². The van der Waals surface area contributed by atoms with Crippen molar-refractivity contribution in [1.82, 2.24) is 0 Å². The van der Waals surface area contributed by atoms with Gasteiger partial charge in [0.25, 0.3) is 5.91 Å². The number of amides is 1. The number of nitrogens with zero attached hydrogens (tertiary/aromatic N) is 2. The molecule has 2 aromatic rings. The van der Waals surface area contributed by atoms with Crippen molar-refractivity contribution < 1.29 is 9.18 Å². The maximum Gasteiger partial charge on any atom is 0.258 e. The number of rotatable bonds is 4. The second-order valence-corrected chi connectivity index (χ2v) is 4.66. The fraction of sp³-hybridized carbons (Fsp3) is 0.176. The second-order valence-electron chi connectivity index (χ2n) is 4.66. The first-order valence-corrected chi connectivity index (χ1v) is 6.63. The Morgan fingerprint density at radius 3 is 2.57 bits per heavy atom. The normalized spacial score (nSPS) is 9.95. The molecule has 21 heavy (non-hydrogen) atoms. The molecule has 3 nitrogen and oxygen atoms in total. The van der Waals surface area contributed by atoms with E-state index < -0.39 is 0 Å². The van der Waals surface area contributed by atoms with Crippen LogP contribution in [0.3, 0.4) is 0 Å². The van der Waals surface area contributed by atoms with Gasteiger partial charge >= 0.3 is 0 Å². The van der Waals surface area contributed by atoms with Crippen LogP contribution in [0.2, 0.25) is 0 Å². The number of nitriles is 1. The van der Waals surface area contributed by atoms with Crippen LogP contribution in [0, 0.1) is 24.1 Å². The zero-order valence-corrected chi connectivity index (χ0v) is 11.7. The van der Waals surface area contributed by atoms with Gasteiger partial charge in [0.2, 0.25) is 0 Å². The van der Waals surface area contributed by atoms with Gasteiger partial charge in [0.15, 0.2) is 0 Å². The lowest BCUT2D eigenvalue weighted by Crippen LogP contribution is -2.31. The number of halogens is 1. The molecule has 2 aromatic carbocycles. The molecule has 0 saturated carbocycles. The molecule has 0 aromatic heterocycles. The lowest BCUT2D eigenvalue weighted by molar-refractivity contribution is 0.0987. The van der Waals surface area contributed by atoms with Crippen LogP contribution in [0.5, 0.6) is 0 Å². The third kappa shape index (κ3) is 3.46. The van der Waals surface area contributed by atoms with E-state index in [1.54, 1.807) is 6.92 Å². The summed E-state index contributed by atoms with van der Waals surface area (Å²) in [6.07, 6.45) is 0.237. The molecule has 0 atom stereocenters. The van der Waals surface area contributed by atoms with Gasteiger partial charge in [-0.3, -0.25) is 4.79 Å². The Kier molecular flexibility index (Phi) is 4.68. The molecule has 4 heteroatoms. The Hall–Kier alpha value is -2.67. The van der Waals surface area contributed by atoms with E-state index in [0.717, 1.165) is 5.69 Å². The summed E-state index contributed by atoms with van der Waals surface area (Å²) in [5.41, 5.74) is 1.56. The lowest BCUT2D eigenvalue weighted by atomic mass is 10.1. The van der Waals surface area contributed by atoms with Crippen LogP contribution in [0.25, 0.3) is 0 Å². The molecular formula is C17H15FN2O. The third-order valence-corrected chi connectivity index (χ3v) is 3.17. The van der Waals surface area contributed by atoms with E-state index in [4.69, 9.17) is 5.26 Å². The van der Waals surface area contributed by atoms with E-state index in [2.05, 4.69) is 0 Å². The molecule has 1 amide bonds. The van der Waals surface area contributed by atoms with Gasteiger partial charge in [-0.15, -0.1) is 0 Å². The molecule has 0 fully saturated rings. The summed E-state index contributed by atoms with van der Waals surface area (Å²) >= 11 is 0. The zero-order valence-electron chi connectivity index (χ0n) is 11.7. The molecule has 0 bridgehead atoms. The van der Waals surface area contributed by atoms with E-state index in [-0.39, 0.29) is 18.1 Å². The first kappa shape index (κ1) is 14.7. The Morgan fingerprint density at radius 2 is 1.95 bits per heavy atom. The fourth-order valence-corrected chi connectivity index (χ4v) is 2.05. The van der Waals surface area contributed by atoms with E-state index >= 15 is 0 Å². The molecule has 2 rings (SSSR count). The topological polar surface area (TPSA) is 44.1 Å². The van der Waals surface area contributed by atoms with E-state index in [1.807, 2.05) is 36.4 Å². The first-order chi connectivity index (χ1) is 10.1. The van der Waals surface area contributed by atoms with Crippen molar-refractivity contribution in [2.75, 3.05) is 11.4 Å². The number of carbonyl (C=O) groups is 1. The minimum atomic E-state index is -0.338. The highest BCUT2D eigenvalue weighted by Gasteiger charge is 2.18. The van der Waals surface area contributed by atoms with E-state index in [1.165, 1.54) is 23.1 Å². The van der Waals surface area contributed by atoms with Crippen LogP contribution in [0.4, 0.5) is 10.1 Å². The van der Waals surface area contributed by atoms with Crippen molar-refractivity contribution >= 4 is 11.6 Å². The average Bonchev–Trinajstić information content (AvgIpc) is 2.51. The van der Waals surface area contributed by atoms with E-state index in [0.29, 0.717) is 17.7 Å². The van der Waals surface area contributed by atoms with Crippen molar-refractivity contribution in [3.63, 3.8) is 0 Å². The summed E-state index contributed by atoms with van der Waals surface area (Å²) in [6, 6.07) is 15.5. The van der Waals surface area contributed by atoms with Crippen LogP contribution < -0.4 is 4.90 Å². The molecule has 0 heterocycles. The maximum absolute atomic E-state index is 13.3. The number of aryl methyl sites for hydroxylation is 1. The van der Waals surface area contributed by atoms with Gasteiger partial charge in [-0.1, -0.05) is 18.2 Å². The summed E-state index contributed by atoms with van der Waals surface area (Å²) in [5, 5.41) is 8.76. The summed E-state index contributed by atoms with van der Waals surface area (Å²) < 4.78 is 13.3. The van der Waals surface area contributed by atoms with Gasteiger partial charge < -0.3 is 4.90 Å². The Balaban J connectivity index is 2.34. The number of benzene rings is 2. The largest absolute Gasteiger partial charge is 0.307 e. The number of para-hydroxylation sites is 1. The minimum absolute atomic E-state index is 0.237. The summed E-state index contributed by atoms with van der Waals surface area (Å²) in [6.45, 7) is 1.92. The highest BCUT2D eigenvalue weighted by molar-refractivity contribution is 6.06. The second kappa shape index (κ2) is 6.67. The highest BCUT2D eigenvalue weighted by atomic mass is 19.1. The highest BCUT2D eigenvalue weighted by Crippen LogP contribution is 2.18. The lowest BCUT2D eigenvalue weighted by Gasteiger charge is -2.22. The fourth-order valence-electron chi connectivity index (χ4n) is 2.05. The molecule has 0 saturated heterocycles. The Morgan fingerprint density at radius 1 is 1.24 bits per heavy atom. The van der Waals surface area contributed by atoms with Gasteiger partial charge in [0.05, 0.1) is 12.5 Å².